The van der Waals surface area contributed by atoms with Gasteiger partial charge in [-0.2, -0.15) is 4.31 Å². The lowest BCUT2D eigenvalue weighted by Gasteiger charge is -2.26. The Hall–Kier alpha value is -2.58. The summed E-state index contributed by atoms with van der Waals surface area (Å²) in [6.45, 7) is 2.12. The van der Waals surface area contributed by atoms with Crippen LogP contribution in [0.5, 0.6) is 11.5 Å². The van der Waals surface area contributed by atoms with Gasteiger partial charge in [0.1, 0.15) is 0 Å². The molecule has 0 N–H and O–H groups in total. The molecule has 0 bridgehead atoms. The lowest BCUT2D eigenvalue weighted by atomic mass is 10.0. The van der Waals surface area contributed by atoms with Crippen LogP contribution in [0.15, 0.2) is 41.3 Å². The van der Waals surface area contributed by atoms with Crippen molar-refractivity contribution in [1.29, 1.82) is 0 Å². The van der Waals surface area contributed by atoms with Gasteiger partial charge in [-0.25, -0.2) is 13.2 Å². The molecule has 0 unspecified atom stereocenters. The molecule has 1 saturated heterocycles. The van der Waals surface area contributed by atoms with Gasteiger partial charge in [0.25, 0.3) is 0 Å². The van der Waals surface area contributed by atoms with Crippen molar-refractivity contribution in [3.8, 4) is 11.5 Å². The molecule has 0 saturated carbocycles. The van der Waals surface area contributed by atoms with Crippen LogP contribution in [0.25, 0.3) is 0 Å². The Morgan fingerprint density at radius 2 is 1.76 bits per heavy atom. The van der Waals surface area contributed by atoms with E-state index in [-0.39, 0.29) is 16.5 Å². The quantitative estimate of drug-likeness (QED) is 0.668. The summed E-state index contributed by atoms with van der Waals surface area (Å²) in [6, 6.07) is 9.71. The molecule has 0 amide bonds. The minimum Gasteiger partial charge on any atom is -0.493 e. The molecule has 7 nitrogen and oxygen atoms in total. The van der Waals surface area contributed by atoms with Crippen LogP contribution in [0.2, 0.25) is 0 Å². The largest absolute Gasteiger partial charge is 0.493 e. The van der Waals surface area contributed by atoms with Crippen LogP contribution in [0.1, 0.15) is 40.4 Å². The van der Waals surface area contributed by atoms with Gasteiger partial charge >= 0.3 is 5.97 Å². The average Bonchev–Trinajstić information content (AvgIpc) is 3.23. The summed E-state index contributed by atoms with van der Waals surface area (Å²) in [5, 5.41) is 0. The highest BCUT2D eigenvalue weighted by molar-refractivity contribution is 7.89. The number of hydrogen-bond donors (Lipinski definition) is 0. The first-order valence-corrected chi connectivity index (χ1v) is 10.7. The van der Waals surface area contributed by atoms with Crippen LogP contribution in [0.3, 0.4) is 0 Å². The maximum Gasteiger partial charge on any atom is 0.337 e. The Balaban J connectivity index is 2.02. The number of carbonyl (C=O) groups is 1. The van der Waals surface area contributed by atoms with Gasteiger partial charge < -0.3 is 14.2 Å². The molecule has 1 fully saturated rings. The third kappa shape index (κ3) is 3.95. The third-order valence-corrected chi connectivity index (χ3v) is 7.24. The van der Waals surface area contributed by atoms with Crippen LogP contribution in [-0.2, 0) is 14.8 Å². The van der Waals surface area contributed by atoms with Crippen molar-refractivity contribution in [2.75, 3.05) is 27.9 Å². The van der Waals surface area contributed by atoms with Gasteiger partial charge in [-0.1, -0.05) is 12.1 Å². The Labute approximate surface area is 171 Å². The van der Waals surface area contributed by atoms with E-state index in [0.717, 1.165) is 12.0 Å². The highest BCUT2D eigenvalue weighted by Crippen LogP contribution is 2.40. The van der Waals surface area contributed by atoms with Gasteiger partial charge in [-0.3, -0.25) is 0 Å². The van der Waals surface area contributed by atoms with Crippen LogP contribution in [0, 0.1) is 6.92 Å². The molecule has 0 spiro atoms. The molecule has 1 aliphatic rings. The normalized spacial score (nSPS) is 17.2. The Bertz CT molecular complexity index is 1020. The number of methoxy groups -OCH3 is 3. The van der Waals surface area contributed by atoms with Crippen molar-refractivity contribution in [2.45, 2.75) is 30.7 Å². The van der Waals surface area contributed by atoms with Gasteiger partial charge in [0.15, 0.2) is 11.5 Å². The molecule has 2 aromatic carbocycles. The summed E-state index contributed by atoms with van der Waals surface area (Å²) >= 11 is 0. The van der Waals surface area contributed by atoms with E-state index in [0.29, 0.717) is 30.0 Å². The fraction of sp³-hybridized carbons (Fsp3) is 0.381. The molecule has 3 rings (SSSR count). The van der Waals surface area contributed by atoms with Crippen molar-refractivity contribution >= 4 is 16.0 Å². The zero-order valence-corrected chi connectivity index (χ0v) is 17.8. The number of rotatable bonds is 6. The monoisotopic (exact) mass is 419 g/mol. The first-order valence-electron chi connectivity index (χ1n) is 9.26. The predicted octanol–water partition coefficient (Wildman–Crippen LogP) is 3.32. The zero-order chi connectivity index (χ0) is 21.2. The molecule has 1 aliphatic heterocycles. The van der Waals surface area contributed by atoms with Gasteiger partial charge in [-0.15, -0.1) is 0 Å². The summed E-state index contributed by atoms with van der Waals surface area (Å²) in [4.78, 5) is 12.0. The highest BCUT2D eigenvalue weighted by atomic mass is 32.2. The summed E-state index contributed by atoms with van der Waals surface area (Å²) in [6.07, 6.45) is 1.44. The minimum atomic E-state index is -3.81. The first-order chi connectivity index (χ1) is 13.8. The standard InChI is InChI=1S/C21H25NO6S/c1-14-7-8-16(21(23)28-4)13-20(14)29(24,25)22-11-5-6-17(22)15-9-10-18(26-2)19(12-15)27-3/h7-10,12-13,17H,5-6,11H2,1-4H3/t17-/m0/s1. The minimum absolute atomic E-state index is 0.118. The van der Waals surface area contributed by atoms with E-state index in [1.165, 1.54) is 17.5 Å². The van der Waals surface area contributed by atoms with E-state index in [1.54, 1.807) is 39.3 Å². The van der Waals surface area contributed by atoms with Crippen LogP contribution >= 0.6 is 0 Å². The fourth-order valence-corrected chi connectivity index (χ4v) is 5.61. The van der Waals surface area contributed by atoms with Crippen molar-refractivity contribution in [2.24, 2.45) is 0 Å². The lowest BCUT2D eigenvalue weighted by molar-refractivity contribution is 0.0600. The number of benzene rings is 2. The first kappa shape index (κ1) is 21.1. The Morgan fingerprint density at radius 1 is 1.03 bits per heavy atom. The second-order valence-corrected chi connectivity index (χ2v) is 8.72. The summed E-state index contributed by atoms with van der Waals surface area (Å²) in [7, 11) is 0.560. The number of ether oxygens (including phenoxy) is 3. The lowest BCUT2D eigenvalue weighted by Crippen LogP contribution is -2.31. The van der Waals surface area contributed by atoms with E-state index in [4.69, 9.17) is 14.2 Å². The molecule has 156 valence electrons. The third-order valence-electron chi connectivity index (χ3n) is 5.19. The Kier molecular flexibility index (Phi) is 6.14. The maximum atomic E-state index is 13.5. The molecule has 0 radical (unpaired) electrons. The number of esters is 1. The smallest absolute Gasteiger partial charge is 0.337 e. The molecule has 1 heterocycles. The van der Waals surface area contributed by atoms with Crippen molar-refractivity contribution in [3.05, 3.63) is 53.1 Å². The van der Waals surface area contributed by atoms with Crippen LogP contribution in [-0.4, -0.2) is 46.6 Å². The number of aryl methyl sites for hydroxylation is 1. The predicted molar refractivity (Wildman–Crippen MR) is 108 cm³/mol. The van der Waals surface area contributed by atoms with E-state index >= 15 is 0 Å². The van der Waals surface area contributed by atoms with Crippen LogP contribution < -0.4 is 9.47 Å². The molecule has 29 heavy (non-hydrogen) atoms. The fourth-order valence-electron chi connectivity index (χ4n) is 3.67. The van der Waals surface area contributed by atoms with Gasteiger partial charge in [-0.05, 0) is 55.2 Å². The zero-order valence-electron chi connectivity index (χ0n) is 17.0. The molecule has 0 aliphatic carbocycles. The summed E-state index contributed by atoms with van der Waals surface area (Å²) < 4.78 is 43.9. The number of carbonyl (C=O) groups excluding carboxylic acids is 1. The summed E-state index contributed by atoms with van der Waals surface area (Å²) in [5.74, 6) is 0.572. The van der Waals surface area contributed by atoms with Crippen molar-refractivity contribution in [1.82, 2.24) is 4.31 Å². The second-order valence-electron chi connectivity index (χ2n) is 6.86. The topological polar surface area (TPSA) is 82.1 Å². The summed E-state index contributed by atoms with van der Waals surface area (Å²) in [5.41, 5.74) is 1.62. The second kappa shape index (κ2) is 8.42. The SMILES string of the molecule is COC(=O)c1ccc(C)c(S(=O)(=O)N2CCC[C@H]2c2ccc(OC)c(OC)c2)c1. The van der Waals surface area contributed by atoms with Crippen LogP contribution in [0.4, 0.5) is 0 Å². The molecule has 0 aromatic heterocycles. The average molecular weight is 419 g/mol. The maximum absolute atomic E-state index is 13.5. The van der Waals surface area contributed by atoms with Gasteiger partial charge in [0.05, 0.1) is 37.8 Å². The van der Waals surface area contributed by atoms with Gasteiger partial charge in [0.2, 0.25) is 10.0 Å². The molecule has 8 heteroatoms. The molecular formula is C21H25NO6S. The number of hydrogen-bond acceptors (Lipinski definition) is 6. The van der Waals surface area contributed by atoms with Gasteiger partial charge in [0, 0.05) is 6.54 Å². The number of nitrogens with zero attached hydrogens (tertiary/aromatic N) is 1. The van der Waals surface area contributed by atoms with Crippen molar-refractivity contribution in [3.63, 3.8) is 0 Å². The van der Waals surface area contributed by atoms with E-state index in [9.17, 15) is 13.2 Å². The Morgan fingerprint density at radius 3 is 2.41 bits per heavy atom. The molecule has 1 atom stereocenters. The van der Waals surface area contributed by atoms with E-state index in [1.807, 2.05) is 12.1 Å². The van der Waals surface area contributed by atoms with Crippen molar-refractivity contribution < 1.29 is 27.4 Å². The van der Waals surface area contributed by atoms with E-state index < -0.39 is 16.0 Å². The van der Waals surface area contributed by atoms with E-state index in [2.05, 4.69) is 0 Å². The molecular weight excluding hydrogens is 394 g/mol. The highest BCUT2D eigenvalue weighted by Gasteiger charge is 2.37. The number of sulfonamides is 1. The molecule has 2 aromatic rings.